The summed E-state index contributed by atoms with van der Waals surface area (Å²) in [6.45, 7) is 1.45. The number of nitrogens with zero attached hydrogens (tertiary/aromatic N) is 1. The van der Waals surface area contributed by atoms with Crippen LogP contribution in [0.1, 0.15) is 31.2 Å². The third kappa shape index (κ3) is 3.92. The van der Waals surface area contributed by atoms with Crippen LogP contribution in [0.25, 0.3) is 0 Å². The number of sulfonamides is 1. The summed E-state index contributed by atoms with van der Waals surface area (Å²) < 4.78 is 65.8. The number of nitrogens with one attached hydrogen (secondary N) is 1. The monoisotopic (exact) mass is 362 g/mol. The van der Waals surface area contributed by atoms with Gasteiger partial charge < -0.3 is 5.32 Å². The highest BCUT2D eigenvalue weighted by atomic mass is 32.2. The zero-order valence-electron chi connectivity index (χ0n) is 13.2. The molecule has 3 rings (SSSR count). The van der Waals surface area contributed by atoms with E-state index in [1.165, 1.54) is 29.3 Å². The lowest BCUT2D eigenvalue weighted by molar-refractivity contribution is -0.139. The molecule has 1 aromatic rings. The number of rotatable bonds is 5. The van der Waals surface area contributed by atoms with Crippen LogP contribution in [0.4, 0.5) is 13.2 Å². The highest BCUT2D eigenvalue weighted by Crippen LogP contribution is 2.35. The van der Waals surface area contributed by atoms with Crippen molar-refractivity contribution >= 4 is 10.0 Å². The second-order valence-corrected chi connectivity index (χ2v) is 8.43. The molecule has 2 fully saturated rings. The molecule has 134 valence electrons. The van der Waals surface area contributed by atoms with Gasteiger partial charge in [0.2, 0.25) is 10.0 Å². The van der Waals surface area contributed by atoms with Crippen molar-refractivity contribution in [1.29, 1.82) is 0 Å². The largest absolute Gasteiger partial charge is 0.417 e. The van der Waals surface area contributed by atoms with E-state index in [1.807, 2.05) is 0 Å². The molecule has 0 amide bonds. The van der Waals surface area contributed by atoms with Gasteiger partial charge in [-0.15, -0.1) is 0 Å². The molecular weight excluding hydrogens is 341 g/mol. The Morgan fingerprint density at radius 3 is 2.29 bits per heavy atom. The van der Waals surface area contributed by atoms with Gasteiger partial charge in [0.05, 0.1) is 10.5 Å². The minimum atomic E-state index is -4.69. The minimum Gasteiger partial charge on any atom is -0.314 e. The SMILES string of the molecule is O=S(=O)(c1ccccc1C(F)(F)F)N1CCC(NCC2CC2)CC1. The predicted molar refractivity (Wildman–Crippen MR) is 84.0 cm³/mol. The van der Waals surface area contributed by atoms with Crippen molar-refractivity contribution in [3.63, 3.8) is 0 Å². The Bertz CT molecular complexity index is 679. The fourth-order valence-electron chi connectivity index (χ4n) is 3.02. The first-order chi connectivity index (χ1) is 11.3. The van der Waals surface area contributed by atoms with Gasteiger partial charge in [0.25, 0.3) is 0 Å². The fourth-order valence-corrected chi connectivity index (χ4v) is 4.70. The van der Waals surface area contributed by atoms with Crippen LogP contribution in [0.3, 0.4) is 0 Å². The number of benzene rings is 1. The van der Waals surface area contributed by atoms with Gasteiger partial charge >= 0.3 is 6.18 Å². The van der Waals surface area contributed by atoms with E-state index in [1.54, 1.807) is 0 Å². The van der Waals surface area contributed by atoms with E-state index in [0.717, 1.165) is 24.6 Å². The van der Waals surface area contributed by atoms with Crippen molar-refractivity contribution in [2.45, 2.75) is 42.8 Å². The van der Waals surface area contributed by atoms with Crippen LogP contribution in [0.15, 0.2) is 29.2 Å². The second kappa shape index (κ2) is 6.65. The molecular formula is C16H21F3N2O2S. The molecule has 1 aliphatic heterocycles. The molecule has 1 saturated carbocycles. The number of halogens is 3. The molecule has 0 aromatic heterocycles. The molecule has 0 bridgehead atoms. The molecule has 8 heteroatoms. The van der Waals surface area contributed by atoms with Crippen molar-refractivity contribution in [3.05, 3.63) is 29.8 Å². The summed E-state index contributed by atoms with van der Waals surface area (Å²) in [5.74, 6) is 0.741. The highest BCUT2D eigenvalue weighted by Gasteiger charge is 2.39. The molecule has 0 atom stereocenters. The first-order valence-corrected chi connectivity index (χ1v) is 9.62. The fraction of sp³-hybridized carbons (Fsp3) is 0.625. The number of alkyl halides is 3. The smallest absolute Gasteiger partial charge is 0.314 e. The molecule has 0 spiro atoms. The van der Waals surface area contributed by atoms with E-state index >= 15 is 0 Å². The minimum absolute atomic E-state index is 0.245. The summed E-state index contributed by atoms with van der Waals surface area (Å²) in [6, 6.07) is 4.63. The maximum Gasteiger partial charge on any atom is 0.417 e. The summed E-state index contributed by atoms with van der Waals surface area (Å²) in [4.78, 5) is -0.651. The van der Waals surface area contributed by atoms with E-state index in [0.29, 0.717) is 12.8 Å². The van der Waals surface area contributed by atoms with Gasteiger partial charge in [-0.3, -0.25) is 0 Å². The number of hydrogen-bond donors (Lipinski definition) is 1. The predicted octanol–water partition coefficient (Wildman–Crippen LogP) is 2.86. The average molecular weight is 362 g/mol. The van der Waals surface area contributed by atoms with Crippen LogP contribution >= 0.6 is 0 Å². The van der Waals surface area contributed by atoms with Gasteiger partial charge in [0.15, 0.2) is 0 Å². The summed E-state index contributed by atoms with van der Waals surface area (Å²) in [5, 5.41) is 3.43. The Balaban J connectivity index is 1.70. The lowest BCUT2D eigenvalue weighted by Crippen LogP contribution is -2.45. The van der Waals surface area contributed by atoms with Gasteiger partial charge in [0, 0.05) is 19.1 Å². The van der Waals surface area contributed by atoms with Crippen LogP contribution in [-0.2, 0) is 16.2 Å². The summed E-state index contributed by atoms with van der Waals surface area (Å²) in [5.41, 5.74) is -1.10. The Kier molecular flexibility index (Phi) is 4.90. The third-order valence-corrected chi connectivity index (χ3v) is 6.61. The molecule has 24 heavy (non-hydrogen) atoms. The third-order valence-electron chi connectivity index (χ3n) is 4.66. The maximum atomic E-state index is 13.1. The maximum absolute atomic E-state index is 13.1. The zero-order chi connectivity index (χ0) is 17.4. The van der Waals surface area contributed by atoms with Crippen LogP contribution in [0.2, 0.25) is 0 Å². The normalized spacial score (nSPS) is 21.1. The van der Waals surface area contributed by atoms with Gasteiger partial charge in [-0.2, -0.15) is 17.5 Å². The van der Waals surface area contributed by atoms with E-state index in [4.69, 9.17) is 0 Å². The van der Waals surface area contributed by atoms with Gasteiger partial charge in [-0.1, -0.05) is 12.1 Å². The standard InChI is InChI=1S/C16H21F3N2O2S/c17-16(18,19)14-3-1-2-4-15(14)24(22,23)21-9-7-13(8-10-21)20-11-12-5-6-12/h1-4,12-13,20H,5-11H2. The Morgan fingerprint density at radius 2 is 1.71 bits per heavy atom. The number of hydrogen-bond acceptors (Lipinski definition) is 3. The van der Waals surface area contributed by atoms with Crippen molar-refractivity contribution in [2.24, 2.45) is 5.92 Å². The number of piperidine rings is 1. The van der Waals surface area contributed by atoms with Crippen molar-refractivity contribution in [1.82, 2.24) is 9.62 Å². The Labute approximate surface area is 140 Å². The zero-order valence-corrected chi connectivity index (χ0v) is 14.0. The van der Waals surface area contributed by atoms with Crippen molar-refractivity contribution in [2.75, 3.05) is 19.6 Å². The van der Waals surface area contributed by atoms with E-state index in [-0.39, 0.29) is 19.1 Å². The molecule has 1 aromatic carbocycles. The molecule has 1 heterocycles. The van der Waals surface area contributed by atoms with Crippen molar-refractivity contribution < 1.29 is 21.6 Å². The first-order valence-electron chi connectivity index (χ1n) is 8.18. The Morgan fingerprint density at radius 1 is 1.08 bits per heavy atom. The average Bonchev–Trinajstić information content (AvgIpc) is 3.37. The van der Waals surface area contributed by atoms with Crippen LogP contribution < -0.4 is 5.32 Å². The summed E-state index contributed by atoms with van der Waals surface area (Å²) in [6.07, 6.45) is -0.947. The molecule has 1 N–H and O–H groups in total. The van der Waals surface area contributed by atoms with E-state index < -0.39 is 26.7 Å². The van der Waals surface area contributed by atoms with Crippen LogP contribution in [-0.4, -0.2) is 38.4 Å². The molecule has 4 nitrogen and oxygen atoms in total. The molecule has 2 aliphatic rings. The Hall–Kier alpha value is -1.12. The van der Waals surface area contributed by atoms with Gasteiger partial charge in [-0.25, -0.2) is 8.42 Å². The second-order valence-electron chi connectivity index (χ2n) is 6.52. The van der Waals surface area contributed by atoms with Gasteiger partial charge in [0.1, 0.15) is 0 Å². The topological polar surface area (TPSA) is 49.4 Å². The van der Waals surface area contributed by atoms with Gasteiger partial charge in [-0.05, 0) is 50.3 Å². The lowest BCUT2D eigenvalue weighted by Gasteiger charge is -2.32. The van der Waals surface area contributed by atoms with E-state index in [9.17, 15) is 21.6 Å². The van der Waals surface area contributed by atoms with Crippen LogP contribution in [0, 0.1) is 5.92 Å². The van der Waals surface area contributed by atoms with Crippen molar-refractivity contribution in [3.8, 4) is 0 Å². The lowest BCUT2D eigenvalue weighted by atomic mass is 10.1. The summed E-state index contributed by atoms with van der Waals surface area (Å²) >= 11 is 0. The molecule has 0 unspecified atom stereocenters. The molecule has 1 aliphatic carbocycles. The van der Waals surface area contributed by atoms with E-state index in [2.05, 4.69) is 5.32 Å². The molecule has 0 radical (unpaired) electrons. The highest BCUT2D eigenvalue weighted by molar-refractivity contribution is 7.89. The van der Waals surface area contributed by atoms with Crippen LogP contribution in [0.5, 0.6) is 0 Å². The summed E-state index contributed by atoms with van der Waals surface area (Å²) in [7, 11) is -4.13. The first kappa shape index (κ1) is 17.7. The quantitative estimate of drug-likeness (QED) is 0.876. The molecule has 1 saturated heterocycles.